The second kappa shape index (κ2) is 4.93. The van der Waals surface area contributed by atoms with Crippen LogP contribution in [0.5, 0.6) is 0 Å². The van der Waals surface area contributed by atoms with Crippen LogP contribution in [0.3, 0.4) is 0 Å². The summed E-state index contributed by atoms with van der Waals surface area (Å²) >= 11 is 0. The van der Waals surface area contributed by atoms with Gasteiger partial charge in [-0.15, -0.1) is 0 Å². The van der Waals surface area contributed by atoms with Gasteiger partial charge in [0.2, 0.25) is 0 Å². The SMILES string of the molecule is C=CC(=O)OCC(C)(C)COC. The van der Waals surface area contributed by atoms with Crippen LogP contribution in [0, 0.1) is 5.41 Å². The molecule has 0 heterocycles. The van der Waals surface area contributed by atoms with E-state index in [1.807, 2.05) is 13.8 Å². The van der Waals surface area contributed by atoms with Gasteiger partial charge < -0.3 is 9.47 Å². The van der Waals surface area contributed by atoms with E-state index in [-0.39, 0.29) is 11.4 Å². The van der Waals surface area contributed by atoms with Crippen molar-refractivity contribution in [3.63, 3.8) is 0 Å². The maximum atomic E-state index is 10.7. The van der Waals surface area contributed by atoms with Crippen molar-refractivity contribution in [2.75, 3.05) is 20.3 Å². The largest absolute Gasteiger partial charge is 0.462 e. The van der Waals surface area contributed by atoms with Gasteiger partial charge >= 0.3 is 5.97 Å². The lowest BCUT2D eigenvalue weighted by atomic mass is 9.96. The van der Waals surface area contributed by atoms with Crippen molar-refractivity contribution in [1.29, 1.82) is 0 Å². The molecule has 0 rings (SSSR count). The number of methoxy groups -OCH3 is 1. The lowest BCUT2D eigenvalue weighted by molar-refractivity contribution is -0.141. The summed E-state index contributed by atoms with van der Waals surface area (Å²) in [5.41, 5.74) is -0.132. The molecule has 0 aromatic heterocycles. The van der Waals surface area contributed by atoms with Crippen molar-refractivity contribution in [2.24, 2.45) is 5.41 Å². The van der Waals surface area contributed by atoms with Gasteiger partial charge in [0.1, 0.15) is 0 Å². The maximum Gasteiger partial charge on any atom is 0.330 e. The van der Waals surface area contributed by atoms with E-state index in [2.05, 4.69) is 6.58 Å². The number of carbonyl (C=O) groups excluding carboxylic acids is 1. The number of hydrogen-bond donors (Lipinski definition) is 0. The highest BCUT2D eigenvalue weighted by atomic mass is 16.5. The van der Waals surface area contributed by atoms with Crippen molar-refractivity contribution in [3.05, 3.63) is 12.7 Å². The molecule has 0 atom stereocenters. The molecular weight excluding hydrogens is 156 g/mol. The fourth-order valence-electron chi connectivity index (χ4n) is 0.758. The fraction of sp³-hybridized carbons (Fsp3) is 0.667. The Morgan fingerprint density at radius 2 is 2.08 bits per heavy atom. The topological polar surface area (TPSA) is 35.5 Å². The molecular formula is C9H16O3. The quantitative estimate of drug-likeness (QED) is 0.464. The number of rotatable bonds is 5. The molecule has 0 aliphatic carbocycles. The van der Waals surface area contributed by atoms with Crippen LogP contribution in [0.15, 0.2) is 12.7 Å². The van der Waals surface area contributed by atoms with Crippen LogP contribution in [-0.2, 0) is 14.3 Å². The minimum atomic E-state index is -0.390. The Labute approximate surface area is 73.4 Å². The highest BCUT2D eigenvalue weighted by Gasteiger charge is 2.19. The Bertz CT molecular complexity index is 161. The molecule has 12 heavy (non-hydrogen) atoms. The molecule has 0 saturated carbocycles. The third-order valence-corrected chi connectivity index (χ3v) is 1.31. The molecule has 0 aliphatic rings. The van der Waals surface area contributed by atoms with E-state index < -0.39 is 0 Å². The predicted octanol–water partition coefficient (Wildman–Crippen LogP) is 1.39. The smallest absolute Gasteiger partial charge is 0.330 e. The number of esters is 1. The summed E-state index contributed by atoms with van der Waals surface area (Å²) in [5, 5.41) is 0. The minimum Gasteiger partial charge on any atom is -0.462 e. The van der Waals surface area contributed by atoms with Gasteiger partial charge in [0.15, 0.2) is 0 Å². The Hall–Kier alpha value is -0.830. The van der Waals surface area contributed by atoms with E-state index in [9.17, 15) is 4.79 Å². The summed E-state index contributed by atoms with van der Waals surface area (Å²) in [6.07, 6.45) is 1.16. The van der Waals surface area contributed by atoms with Crippen LogP contribution in [0.1, 0.15) is 13.8 Å². The van der Waals surface area contributed by atoms with Crippen molar-refractivity contribution in [1.82, 2.24) is 0 Å². The van der Waals surface area contributed by atoms with E-state index >= 15 is 0 Å². The number of ether oxygens (including phenoxy) is 2. The molecule has 0 saturated heterocycles. The van der Waals surface area contributed by atoms with Crippen molar-refractivity contribution >= 4 is 5.97 Å². The Morgan fingerprint density at radius 3 is 2.50 bits per heavy atom. The summed E-state index contributed by atoms with van der Waals surface area (Å²) in [6.45, 7) is 8.15. The molecule has 0 fully saturated rings. The van der Waals surface area contributed by atoms with E-state index in [0.29, 0.717) is 13.2 Å². The lowest BCUT2D eigenvalue weighted by Crippen LogP contribution is -2.26. The predicted molar refractivity (Wildman–Crippen MR) is 46.8 cm³/mol. The van der Waals surface area contributed by atoms with Crippen LogP contribution < -0.4 is 0 Å². The van der Waals surface area contributed by atoms with Gasteiger partial charge in [-0.1, -0.05) is 20.4 Å². The van der Waals surface area contributed by atoms with Crippen LogP contribution in [0.2, 0.25) is 0 Å². The van der Waals surface area contributed by atoms with Gasteiger partial charge in [-0.25, -0.2) is 4.79 Å². The lowest BCUT2D eigenvalue weighted by Gasteiger charge is -2.22. The minimum absolute atomic E-state index is 0.132. The Morgan fingerprint density at radius 1 is 1.50 bits per heavy atom. The second-order valence-electron chi connectivity index (χ2n) is 3.41. The number of carbonyl (C=O) groups is 1. The molecule has 0 N–H and O–H groups in total. The first-order chi connectivity index (χ1) is 5.52. The molecule has 0 unspecified atom stereocenters. The van der Waals surface area contributed by atoms with Gasteiger partial charge in [-0.05, 0) is 0 Å². The van der Waals surface area contributed by atoms with Crippen LogP contribution in [0.25, 0.3) is 0 Å². The first-order valence-corrected chi connectivity index (χ1v) is 3.80. The monoisotopic (exact) mass is 172 g/mol. The van der Waals surface area contributed by atoms with E-state index in [0.717, 1.165) is 6.08 Å². The standard InChI is InChI=1S/C9H16O3/c1-5-8(10)12-7-9(2,3)6-11-4/h5H,1,6-7H2,2-4H3. The van der Waals surface area contributed by atoms with Gasteiger partial charge in [-0.3, -0.25) is 0 Å². The van der Waals surface area contributed by atoms with Gasteiger partial charge in [-0.2, -0.15) is 0 Å². The summed E-state index contributed by atoms with van der Waals surface area (Å²) in [7, 11) is 1.62. The molecule has 0 aliphatic heterocycles. The normalized spacial score (nSPS) is 10.9. The van der Waals surface area contributed by atoms with E-state index in [1.54, 1.807) is 7.11 Å². The molecule has 3 heteroatoms. The van der Waals surface area contributed by atoms with Gasteiger partial charge in [0, 0.05) is 18.6 Å². The second-order valence-corrected chi connectivity index (χ2v) is 3.41. The first-order valence-electron chi connectivity index (χ1n) is 3.80. The van der Waals surface area contributed by atoms with Crippen molar-refractivity contribution < 1.29 is 14.3 Å². The van der Waals surface area contributed by atoms with Crippen LogP contribution in [0.4, 0.5) is 0 Å². The Balaban J connectivity index is 3.74. The third kappa shape index (κ3) is 4.91. The summed E-state index contributed by atoms with van der Waals surface area (Å²) in [6, 6.07) is 0. The number of hydrogen-bond acceptors (Lipinski definition) is 3. The first kappa shape index (κ1) is 11.2. The molecule has 70 valence electrons. The molecule has 3 nitrogen and oxygen atoms in total. The molecule has 0 bridgehead atoms. The highest BCUT2D eigenvalue weighted by molar-refractivity contribution is 5.81. The molecule has 0 aromatic carbocycles. The molecule has 0 radical (unpaired) electrons. The fourth-order valence-corrected chi connectivity index (χ4v) is 0.758. The molecule has 0 spiro atoms. The Kier molecular flexibility index (Phi) is 4.59. The summed E-state index contributed by atoms with van der Waals surface area (Å²) in [4.78, 5) is 10.7. The zero-order valence-electron chi connectivity index (χ0n) is 7.92. The van der Waals surface area contributed by atoms with E-state index in [4.69, 9.17) is 9.47 Å². The average molecular weight is 172 g/mol. The average Bonchev–Trinajstić information content (AvgIpc) is 2.00. The molecule has 0 aromatic rings. The third-order valence-electron chi connectivity index (χ3n) is 1.31. The summed E-state index contributed by atoms with van der Waals surface area (Å²) < 4.78 is 9.83. The van der Waals surface area contributed by atoms with Crippen LogP contribution in [-0.4, -0.2) is 26.3 Å². The zero-order valence-corrected chi connectivity index (χ0v) is 7.92. The van der Waals surface area contributed by atoms with Crippen molar-refractivity contribution in [3.8, 4) is 0 Å². The zero-order chi connectivity index (χ0) is 9.61. The van der Waals surface area contributed by atoms with Crippen LogP contribution >= 0.6 is 0 Å². The molecule has 0 amide bonds. The van der Waals surface area contributed by atoms with E-state index in [1.165, 1.54) is 0 Å². The van der Waals surface area contributed by atoms with Crippen molar-refractivity contribution in [2.45, 2.75) is 13.8 Å². The van der Waals surface area contributed by atoms with Gasteiger partial charge in [0.05, 0.1) is 13.2 Å². The summed E-state index contributed by atoms with van der Waals surface area (Å²) in [5.74, 6) is -0.390. The van der Waals surface area contributed by atoms with Gasteiger partial charge in [0.25, 0.3) is 0 Å². The highest BCUT2D eigenvalue weighted by Crippen LogP contribution is 2.15. The maximum absolute atomic E-state index is 10.7.